The van der Waals surface area contributed by atoms with Gasteiger partial charge in [0.2, 0.25) is 5.24 Å². The van der Waals surface area contributed by atoms with Crippen LogP contribution in [0.2, 0.25) is 0 Å². The number of carbonyl (C=O) groups excluding carboxylic acids is 1. The largest absolute Gasteiger partial charge is 0.279 e. The van der Waals surface area contributed by atoms with E-state index in [0.29, 0.717) is 13.0 Å². The fourth-order valence-electron chi connectivity index (χ4n) is 1.95. The van der Waals surface area contributed by atoms with Crippen molar-refractivity contribution >= 4 is 38.2 Å². The van der Waals surface area contributed by atoms with Crippen LogP contribution in [0.4, 0.5) is 0 Å². The minimum absolute atomic E-state index is 0.266. The van der Waals surface area contributed by atoms with E-state index in [0.717, 1.165) is 24.2 Å². The predicted molar refractivity (Wildman–Crippen MR) is 66.7 cm³/mol. The summed E-state index contributed by atoms with van der Waals surface area (Å²) in [7, 11) is -3.57. The second-order valence-electron chi connectivity index (χ2n) is 3.86. The van der Waals surface area contributed by atoms with Crippen LogP contribution in [-0.4, -0.2) is 30.6 Å². The number of piperidine rings is 1. The van der Waals surface area contributed by atoms with Crippen molar-refractivity contribution in [1.29, 1.82) is 0 Å². The predicted octanol–water partition coefficient (Wildman–Crippen LogP) is 2.06. The van der Waals surface area contributed by atoms with Gasteiger partial charge in [0.25, 0.3) is 10.0 Å². The molecule has 1 aromatic heterocycles. The molecule has 0 amide bonds. The Kier molecular flexibility index (Phi) is 3.87. The van der Waals surface area contributed by atoms with Crippen molar-refractivity contribution in [2.24, 2.45) is 0 Å². The highest BCUT2D eigenvalue weighted by Gasteiger charge is 2.37. The number of thiophene rings is 1. The van der Waals surface area contributed by atoms with E-state index in [4.69, 9.17) is 11.6 Å². The second-order valence-corrected chi connectivity index (χ2v) is 7.30. The smallest absolute Gasteiger partial charge is 0.253 e. The number of hydrogen-bond donors (Lipinski definition) is 0. The SMILES string of the molecule is O=C(Cl)C1CCCCN1S(=O)(=O)c1cccs1. The fourth-order valence-corrected chi connectivity index (χ4v) is 5.01. The van der Waals surface area contributed by atoms with Crippen molar-refractivity contribution in [1.82, 2.24) is 4.31 Å². The maximum Gasteiger partial charge on any atom is 0.253 e. The fraction of sp³-hybridized carbons (Fsp3) is 0.500. The van der Waals surface area contributed by atoms with Crippen LogP contribution in [0.3, 0.4) is 0 Å². The van der Waals surface area contributed by atoms with E-state index in [9.17, 15) is 13.2 Å². The molecular weight excluding hydrogens is 282 g/mol. The van der Waals surface area contributed by atoms with Crippen LogP contribution >= 0.6 is 22.9 Å². The highest BCUT2D eigenvalue weighted by atomic mass is 35.5. The Bertz CT molecular complexity index is 498. The molecule has 0 radical (unpaired) electrons. The molecule has 0 saturated carbocycles. The lowest BCUT2D eigenvalue weighted by molar-refractivity contribution is -0.115. The van der Waals surface area contributed by atoms with Crippen molar-refractivity contribution in [2.75, 3.05) is 6.54 Å². The standard InChI is InChI=1S/C10H12ClNO3S2/c11-10(13)8-4-1-2-6-12(8)17(14,15)9-5-3-7-16-9/h3,5,7-8H,1-2,4,6H2. The molecule has 1 atom stereocenters. The highest BCUT2D eigenvalue weighted by molar-refractivity contribution is 7.91. The number of carbonyl (C=O) groups is 1. The van der Waals surface area contributed by atoms with Crippen molar-refractivity contribution in [2.45, 2.75) is 29.5 Å². The van der Waals surface area contributed by atoms with Gasteiger partial charge in [0.15, 0.2) is 0 Å². The Balaban J connectivity index is 2.34. The van der Waals surface area contributed by atoms with Gasteiger partial charge in [-0.05, 0) is 35.9 Å². The quantitative estimate of drug-likeness (QED) is 0.802. The third-order valence-electron chi connectivity index (χ3n) is 2.77. The van der Waals surface area contributed by atoms with Gasteiger partial charge in [0.1, 0.15) is 4.21 Å². The lowest BCUT2D eigenvalue weighted by atomic mass is 10.1. The third kappa shape index (κ3) is 2.54. The minimum atomic E-state index is -3.57. The van der Waals surface area contributed by atoms with Gasteiger partial charge in [-0.25, -0.2) is 8.42 Å². The summed E-state index contributed by atoms with van der Waals surface area (Å²) in [6, 6.07) is 2.51. The molecule has 1 fully saturated rings. The second kappa shape index (κ2) is 5.06. The average Bonchev–Trinajstić information content (AvgIpc) is 2.83. The first-order valence-corrected chi connectivity index (χ1v) is 7.98. The zero-order chi connectivity index (χ0) is 12.5. The molecule has 7 heteroatoms. The summed E-state index contributed by atoms with van der Waals surface area (Å²) in [5.74, 6) is 0. The molecule has 17 heavy (non-hydrogen) atoms. The lowest BCUT2D eigenvalue weighted by Crippen LogP contribution is -2.46. The zero-order valence-corrected chi connectivity index (χ0v) is 11.4. The van der Waals surface area contributed by atoms with Crippen LogP contribution in [0.15, 0.2) is 21.7 Å². The van der Waals surface area contributed by atoms with Gasteiger partial charge in [-0.1, -0.05) is 12.5 Å². The van der Waals surface area contributed by atoms with Gasteiger partial charge in [0, 0.05) is 6.54 Å². The maximum absolute atomic E-state index is 12.3. The van der Waals surface area contributed by atoms with Crippen molar-refractivity contribution in [3.8, 4) is 0 Å². The van der Waals surface area contributed by atoms with Crippen molar-refractivity contribution in [3.63, 3.8) is 0 Å². The number of halogens is 1. The first-order chi connectivity index (χ1) is 8.03. The first-order valence-electron chi connectivity index (χ1n) is 5.28. The first kappa shape index (κ1) is 13.0. The molecule has 2 heterocycles. The highest BCUT2D eigenvalue weighted by Crippen LogP contribution is 2.28. The Morgan fingerprint density at radius 1 is 1.47 bits per heavy atom. The number of rotatable bonds is 3. The molecule has 0 bridgehead atoms. The molecule has 1 aliphatic heterocycles. The number of nitrogens with zero attached hydrogens (tertiary/aromatic N) is 1. The van der Waals surface area contributed by atoms with Gasteiger partial charge in [-0.3, -0.25) is 4.79 Å². The molecule has 0 aliphatic carbocycles. The van der Waals surface area contributed by atoms with E-state index in [2.05, 4.69) is 0 Å². The Labute approximate surface area is 109 Å². The molecular formula is C10H12ClNO3S2. The van der Waals surface area contributed by atoms with Crippen molar-refractivity contribution in [3.05, 3.63) is 17.5 Å². The van der Waals surface area contributed by atoms with E-state index in [1.807, 2.05) is 0 Å². The lowest BCUT2D eigenvalue weighted by Gasteiger charge is -2.31. The van der Waals surface area contributed by atoms with E-state index in [-0.39, 0.29) is 4.21 Å². The molecule has 94 valence electrons. The van der Waals surface area contributed by atoms with Gasteiger partial charge in [-0.2, -0.15) is 4.31 Å². The topological polar surface area (TPSA) is 54.5 Å². The summed E-state index contributed by atoms with van der Waals surface area (Å²) >= 11 is 6.63. The van der Waals surface area contributed by atoms with Crippen molar-refractivity contribution < 1.29 is 13.2 Å². The summed E-state index contributed by atoms with van der Waals surface area (Å²) in [5.41, 5.74) is 0. The van der Waals surface area contributed by atoms with E-state index in [1.54, 1.807) is 17.5 Å². The van der Waals surface area contributed by atoms with Gasteiger partial charge in [0.05, 0.1) is 6.04 Å². The molecule has 1 saturated heterocycles. The molecule has 1 aromatic rings. The normalized spacial score (nSPS) is 22.5. The van der Waals surface area contributed by atoms with Crippen LogP contribution in [0.25, 0.3) is 0 Å². The average molecular weight is 294 g/mol. The number of sulfonamides is 1. The van der Waals surface area contributed by atoms with Crippen LogP contribution in [0.5, 0.6) is 0 Å². The Morgan fingerprint density at radius 3 is 2.82 bits per heavy atom. The van der Waals surface area contributed by atoms with Gasteiger partial charge in [-0.15, -0.1) is 11.3 Å². The van der Waals surface area contributed by atoms with E-state index in [1.165, 1.54) is 4.31 Å². The monoisotopic (exact) mass is 293 g/mol. The number of hydrogen-bond acceptors (Lipinski definition) is 4. The summed E-state index contributed by atoms with van der Waals surface area (Å²) in [5, 5.41) is 1.11. The van der Waals surface area contributed by atoms with E-state index >= 15 is 0 Å². The zero-order valence-electron chi connectivity index (χ0n) is 9.00. The molecule has 0 aromatic carbocycles. The summed E-state index contributed by atoms with van der Waals surface area (Å²) < 4.78 is 26.1. The Morgan fingerprint density at radius 2 is 2.24 bits per heavy atom. The summed E-state index contributed by atoms with van der Waals surface area (Å²) in [6.45, 7) is 0.364. The van der Waals surface area contributed by atoms with Crippen LogP contribution in [0, 0.1) is 0 Å². The maximum atomic E-state index is 12.3. The Hall–Kier alpha value is -0.430. The van der Waals surface area contributed by atoms with Gasteiger partial charge < -0.3 is 0 Å². The van der Waals surface area contributed by atoms with Gasteiger partial charge >= 0.3 is 0 Å². The van der Waals surface area contributed by atoms with E-state index < -0.39 is 21.3 Å². The van der Waals surface area contributed by atoms with Crippen LogP contribution < -0.4 is 0 Å². The summed E-state index contributed by atoms with van der Waals surface area (Å²) in [6.07, 6.45) is 2.11. The molecule has 1 aliphatic rings. The van der Waals surface area contributed by atoms with Crippen LogP contribution in [0.1, 0.15) is 19.3 Å². The summed E-state index contributed by atoms with van der Waals surface area (Å²) in [4.78, 5) is 11.3. The molecule has 0 spiro atoms. The third-order valence-corrected chi connectivity index (χ3v) is 6.31. The molecule has 0 N–H and O–H groups in total. The van der Waals surface area contributed by atoms with Crippen LogP contribution in [-0.2, 0) is 14.8 Å². The molecule has 1 unspecified atom stereocenters. The molecule has 2 rings (SSSR count). The molecule has 4 nitrogen and oxygen atoms in total. The minimum Gasteiger partial charge on any atom is -0.279 e.